The minimum Gasteiger partial charge on any atom is -0.281 e. The minimum absolute atomic E-state index is 0.843. The van der Waals surface area contributed by atoms with Crippen LogP contribution in [0.4, 0.5) is 0 Å². The molecule has 1 nitrogen and oxygen atoms in total. The Morgan fingerprint density at radius 3 is 2.25 bits per heavy atom. The highest BCUT2D eigenvalue weighted by molar-refractivity contribution is 8.17. The Balaban J connectivity index is 2.04. The van der Waals surface area contributed by atoms with Crippen LogP contribution in [0.3, 0.4) is 0 Å². The highest BCUT2D eigenvalue weighted by Crippen LogP contribution is 2.36. The molecule has 0 N–H and O–H groups in total. The van der Waals surface area contributed by atoms with Gasteiger partial charge in [-0.25, -0.2) is 0 Å². The second-order valence-corrected chi connectivity index (χ2v) is 4.76. The molecule has 0 atom stereocenters. The maximum Gasteiger partial charge on any atom is 0.103 e. The molecule has 3 heteroatoms. The number of rotatable bonds is 0. The predicted molar refractivity (Wildman–Crippen MR) is 40.3 cm³/mol. The minimum atomic E-state index is 0.843. The van der Waals surface area contributed by atoms with Gasteiger partial charge < -0.3 is 0 Å². The van der Waals surface area contributed by atoms with E-state index in [2.05, 4.69) is 28.4 Å². The van der Waals surface area contributed by atoms with Gasteiger partial charge in [0.1, 0.15) is 4.71 Å². The van der Waals surface area contributed by atoms with Crippen LogP contribution >= 0.6 is 23.5 Å². The molecule has 0 aliphatic carbocycles. The molecule has 0 bridgehead atoms. The van der Waals surface area contributed by atoms with E-state index in [-0.39, 0.29) is 0 Å². The lowest BCUT2D eigenvalue weighted by atomic mass is 10.6. The molecule has 0 amide bonds. The maximum atomic E-state index is 2.56. The molecule has 0 radical (unpaired) electrons. The van der Waals surface area contributed by atoms with E-state index in [9.17, 15) is 0 Å². The van der Waals surface area contributed by atoms with Crippen LogP contribution in [0.1, 0.15) is 0 Å². The Labute approximate surface area is 58.2 Å². The first-order chi connectivity index (χ1) is 3.97. The zero-order valence-corrected chi connectivity index (χ0v) is 6.30. The molecule has 2 heterocycles. The van der Waals surface area contributed by atoms with E-state index in [1.54, 1.807) is 0 Å². The second-order valence-electron chi connectivity index (χ2n) is 2.08. The van der Waals surface area contributed by atoms with Crippen molar-refractivity contribution < 1.29 is 0 Å². The van der Waals surface area contributed by atoms with Crippen LogP contribution in [0.15, 0.2) is 0 Å². The van der Waals surface area contributed by atoms with Crippen molar-refractivity contribution in [3.63, 3.8) is 0 Å². The SMILES string of the molecule is C1CN2CCSC2S1. The van der Waals surface area contributed by atoms with E-state index >= 15 is 0 Å². The average molecular weight is 147 g/mol. The largest absolute Gasteiger partial charge is 0.281 e. The van der Waals surface area contributed by atoms with Crippen molar-refractivity contribution in [2.75, 3.05) is 24.6 Å². The first-order valence-corrected chi connectivity index (χ1v) is 5.04. The molecule has 0 aromatic rings. The molecule has 0 unspecified atom stereocenters. The lowest BCUT2D eigenvalue weighted by molar-refractivity contribution is 0.377. The molecule has 0 aromatic heterocycles. The van der Waals surface area contributed by atoms with Crippen molar-refractivity contribution >= 4 is 23.5 Å². The Hall–Kier alpha value is 0.660. The summed E-state index contributed by atoms with van der Waals surface area (Å²) in [5, 5.41) is 0. The highest BCUT2D eigenvalue weighted by atomic mass is 32.2. The Morgan fingerprint density at radius 2 is 1.75 bits per heavy atom. The number of hydrogen-bond donors (Lipinski definition) is 0. The fourth-order valence-corrected chi connectivity index (χ4v) is 4.01. The maximum absolute atomic E-state index is 2.56. The van der Waals surface area contributed by atoms with Gasteiger partial charge in [-0.05, 0) is 0 Å². The van der Waals surface area contributed by atoms with Crippen LogP contribution in [-0.4, -0.2) is 34.2 Å². The summed E-state index contributed by atoms with van der Waals surface area (Å²) in [6, 6.07) is 0. The van der Waals surface area contributed by atoms with Gasteiger partial charge in [0.2, 0.25) is 0 Å². The molecular weight excluding hydrogens is 138 g/mol. The summed E-state index contributed by atoms with van der Waals surface area (Å²) in [6.07, 6.45) is 0. The summed E-state index contributed by atoms with van der Waals surface area (Å²) in [5.41, 5.74) is 0. The van der Waals surface area contributed by atoms with Crippen molar-refractivity contribution in [2.45, 2.75) is 4.71 Å². The Bertz CT molecular complexity index is 76.4. The van der Waals surface area contributed by atoms with Crippen LogP contribution in [-0.2, 0) is 0 Å². The molecule has 46 valence electrons. The van der Waals surface area contributed by atoms with Gasteiger partial charge in [0.05, 0.1) is 0 Å². The van der Waals surface area contributed by atoms with Gasteiger partial charge in [-0.15, -0.1) is 23.5 Å². The smallest absolute Gasteiger partial charge is 0.103 e. The standard InChI is InChI=1S/C5H9NS2/c1-3-7-5-6(1)2-4-8-5/h5H,1-4H2. The van der Waals surface area contributed by atoms with Gasteiger partial charge in [0.15, 0.2) is 0 Å². The lowest BCUT2D eigenvalue weighted by Crippen LogP contribution is -2.20. The number of hydrogen-bond acceptors (Lipinski definition) is 3. The molecule has 2 aliphatic rings. The van der Waals surface area contributed by atoms with Crippen LogP contribution in [0.2, 0.25) is 0 Å². The zero-order chi connectivity index (χ0) is 5.40. The summed E-state index contributed by atoms with van der Waals surface area (Å²) >= 11 is 4.20. The van der Waals surface area contributed by atoms with E-state index in [0.717, 1.165) is 4.71 Å². The molecule has 0 aromatic carbocycles. The molecule has 2 saturated heterocycles. The molecule has 8 heavy (non-hydrogen) atoms. The summed E-state index contributed by atoms with van der Waals surface area (Å²) in [7, 11) is 0. The third kappa shape index (κ3) is 0.769. The number of nitrogens with zero attached hydrogens (tertiary/aromatic N) is 1. The van der Waals surface area contributed by atoms with E-state index in [1.807, 2.05) is 0 Å². The van der Waals surface area contributed by atoms with E-state index in [1.165, 1.54) is 24.6 Å². The van der Waals surface area contributed by atoms with Crippen molar-refractivity contribution in [1.29, 1.82) is 0 Å². The molecule has 0 spiro atoms. The fraction of sp³-hybridized carbons (Fsp3) is 1.00. The van der Waals surface area contributed by atoms with Crippen LogP contribution < -0.4 is 0 Å². The summed E-state index contributed by atoms with van der Waals surface area (Å²) in [5.74, 6) is 2.72. The molecular formula is C5H9NS2. The summed E-state index contributed by atoms with van der Waals surface area (Å²) in [6.45, 7) is 2.67. The van der Waals surface area contributed by atoms with Gasteiger partial charge in [-0.3, -0.25) is 4.90 Å². The van der Waals surface area contributed by atoms with Gasteiger partial charge in [0, 0.05) is 24.6 Å². The van der Waals surface area contributed by atoms with E-state index in [0.29, 0.717) is 0 Å². The molecule has 2 fully saturated rings. The fourth-order valence-electron chi connectivity index (χ4n) is 1.12. The Morgan fingerprint density at radius 1 is 1.12 bits per heavy atom. The topological polar surface area (TPSA) is 3.24 Å². The predicted octanol–water partition coefficient (Wildman–Crippen LogP) is 1.07. The number of fused-ring (bicyclic) bond motifs is 1. The van der Waals surface area contributed by atoms with Gasteiger partial charge in [-0.1, -0.05) is 0 Å². The van der Waals surface area contributed by atoms with Crippen molar-refractivity contribution in [1.82, 2.24) is 4.90 Å². The van der Waals surface area contributed by atoms with Crippen LogP contribution in [0.25, 0.3) is 0 Å². The van der Waals surface area contributed by atoms with Crippen molar-refractivity contribution in [3.05, 3.63) is 0 Å². The first kappa shape index (κ1) is 5.45. The third-order valence-corrected chi connectivity index (χ3v) is 4.40. The van der Waals surface area contributed by atoms with E-state index in [4.69, 9.17) is 0 Å². The zero-order valence-electron chi connectivity index (χ0n) is 4.67. The van der Waals surface area contributed by atoms with Crippen molar-refractivity contribution in [3.8, 4) is 0 Å². The second kappa shape index (κ2) is 2.12. The quantitative estimate of drug-likeness (QED) is 0.504. The molecule has 2 rings (SSSR count). The van der Waals surface area contributed by atoms with Gasteiger partial charge >= 0.3 is 0 Å². The van der Waals surface area contributed by atoms with Gasteiger partial charge in [-0.2, -0.15) is 0 Å². The normalized spacial score (nSPS) is 31.5. The number of thioether (sulfide) groups is 2. The summed E-state index contributed by atoms with van der Waals surface area (Å²) < 4.78 is 0.843. The van der Waals surface area contributed by atoms with Crippen molar-refractivity contribution in [2.24, 2.45) is 0 Å². The third-order valence-electron chi connectivity index (χ3n) is 1.58. The van der Waals surface area contributed by atoms with E-state index < -0.39 is 0 Å². The highest BCUT2D eigenvalue weighted by Gasteiger charge is 2.29. The molecule has 2 aliphatic heterocycles. The molecule has 0 saturated carbocycles. The average Bonchev–Trinajstić information content (AvgIpc) is 2.15. The van der Waals surface area contributed by atoms with Crippen LogP contribution in [0, 0.1) is 0 Å². The monoisotopic (exact) mass is 147 g/mol. The first-order valence-electron chi connectivity index (χ1n) is 2.94. The summed E-state index contributed by atoms with van der Waals surface area (Å²) in [4.78, 5) is 2.56. The lowest BCUT2D eigenvalue weighted by Gasteiger charge is -2.09. The van der Waals surface area contributed by atoms with Gasteiger partial charge in [0.25, 0.3) is 0 Å². The Kier molecular flexibility index (Phi) is 1.44. The van der Waals surface area contributed by atoms with Crippen LogP contribution in [0.5, 0.6) is 0 Å².